The number of carboxylic acid groups (broad SMARTS) is 1. The summed E-state index contributed by atoms with van der Waals surface area (Å²) < 4.78 is 0. The number of thiazole rings is 1. The van der Waals surface area contributed by atoms with Crippen LogP contribution in [0.4, 0.5) is 0 Å². The summed E-state index contributed by atoms with van der Waals surface area (Å²) in [5.74, 6) is 3.73. The fourth-order valence-corrected chi connectivity index (χ4v) is 1.49. The molecule has 0 fully saturated rings. The van der Waals surface area contributed by atoms with Gasteiger partial charge >= 0.3 is 5.97 Å². The molecule has 1 heterocycles. The zero-order valence-corrected chi connectivity index (χ0v) is 8.18. The van der Waals surface area contributed by atoms with Crippen LogP contribution in [-0.2, 0) is 4.79 Å². The molecule has 3 nitrogen and oxygen atoms in total. The van der Waals surface area contributed by atoms with Gasteiger partial charge in [-0.05, 0) is 5.92 Å². The molecule has 1 aromatic rings. The van der Waals surface area contributed by atoms with Crippen molar-refractivity contribution < 1.29 is 9.90 Å². The topological polar surface area (TPSA) is 50.2 Å². The molecule has 4 heteroatoms. The van der Waals surface area contributed by atoms with E-state index < -0.39 is 5.97 Å². The third-order valence-corrected chi connectivity index (χ3v) is 2.46. The summed E-state index contributed by atoms with van der Waals surface area (Å²) in [5.41, 5.74) is 0.538. The first-order valence-electron chi connectivity index (χ1n) is 3.80. The molecule has 0 saturated carbocycles. The summed E-state index contributed by atoms with van der Waals surface area (Å²) in [7, 11) is 0. The summed E-state index contributed by atoms with van der Waals surface area (Å²) in [6.07, 6.45) is 0. The lowest BCUT2D eigenvalue weighted by atomic mass is 10.2. The lowest BCUT2D eigenvalue weighted by molar-refractivity contribution is -0.130. The maximum Gasteiger partial charge on any atom is 0.382 e. The van der Waals surface area contributed by atoms with Gasteiger partial charge in [0, 0.05) is 17.2 Å². The molecule has 0 aromatic carbocycles. The molecule has 1 N–H and O–H groups in total. The normalized spacial score (nSPS) is 9.46. The van der Waals surface area contributed by atoms with Crippen molar-refractivity contribution in [3.8, 4) is 11.8 Å². The summed E-state index contributed by atoms with van der Waals surface area (Å²) in [6.45, 7) is 4.07. The van der Waals surface area contributed by atoms with E-state index in [1.54, 1.807) is 5.38 Å². The molecule has 0 spiro atoms. The van der Waals surface area contributed by atoms with Crippen molar-refractivity contribution in [1.29, 1.82) is 0 Å². The number of hydrogen-bond donors (Lipinski definition) is 1. The second kappa shape index (κ2) is 4.06. The first-order valence-corrected chi connectivity index (χ1v) is 4.68. The summed E-state index contributed by atoms with van der Waals surface area (Å²) in [6, 6.07) is 0. The third-order valence-electron chi connectivity index (χ3n) is 1.31. The number of aliphatic carboxylic acids is 1. The van der Waals surface area contributed by atoms with Gasteiger partial charge in [-0.25, -0.2) is 9.78 Å². The van der Waals surface area contributed by atoms with Crippen molar-refractivity contribution >= 4 is 17.3 Å². The van der Waals surface area contributed by atoms with Crippen molar-refractivity contribution in [2.24, 2.45) is 0 Å². The molecule has 1 aromatic heterocycles. The molecule has 68 valence electrons. The van der Waals surface area contributed by atoms with Gasteiger partial charge < -0.3 is 5.11 Å². The smallest absolute Gasteiger partial charge is 0.382 e. The Morgan fingerprint density at radius 3 is 2.85 bits per heavy atom. The Bertz CT molecular complexity index is 370. The third kappa shape index (κ3) is 2.88. The zero-order valence-electron chi connectivity index (χ0n) is 7.37. The Kier molecular flexibility index (Phi) is 3.04. The molecule has 0 radical (unpaired) electrons. The van der Waals surface area contributed by atoms with Gasteiger partial charge in [0.15, 0.2) is 0 Å². The maximum absolute atomic E-state index is 10.1. The minimum absolute atomic E-state index is 0.366. The average Bonchev–Trinajstić information content (AvgIpc) is 2.48. The lowest BCUT2D eigenvalue weighted by Crippen LogP contribution is -1.88. The van der Waals surface area contributed by atoms with Gasteiger partial charge in [-0.3, -0.25) is 0 Å². The molecule has 0 bridgehead atoms. The maximum atomic E-state index is 10.1. The molecular formula is C9H9NO2S. The van der Waals surface area contributed by atoms with Crippen LogP contribution in [0.3, 0.4) is 0 Å². The Morgan fingerprint density at radius 2 is 2.38 bits per heavy atom. The Morgan fingerprint density at radius 1 is 1.69 bits per heavy atom. The van der Waals surface area contributed by atoms with Gasteiger partial charge in [0.2, 0.25) is 0 Å². The van der Waals surface area contributed by atoms with E-state index in [0.29, 0.717) is 11.6 Å². The van der Waals surface area contributed by atoms with E-state index in [9.17, 15) is 4.79 Å². The standard InChI is InChI=1S/C9H9NO2S/c1-6(2)9-10-7(5-13-9)3-4-8(11)12/h5-6H,1-2H3,(H,11,12). The van der Waals surface area contributed by atoms with Crippen molar-refractivity contribution in [2.75, 3.05) is 0 Å². The second-order valence-corrected chi connectivity index (χ2v) is 3.67. The largest absolute Gasteiger partial charge is 0.472 e. The number of carboxylic acids is 1. The number of nitrogens with zero attached hydrogens (tertiary/aromatic N) is 1. The van der Waals surface area contributed by atoms with E-state index in [4.69, 9.17) is 5.11 Å². The van der Waals surface area contributed by atoms with Gasteiger partial charge in [0.1, 0.15) is 5.69 Å². The highest BCUT2D eigenvalue weighted by molar-refractivity contribution is 7.09. The van der Waals surface area contributed by atoms with E-state index in [1.807, 2.05) is 19.8 Å². The highest BCUT2D eigenvalue weighted by Crippen LogP contribution is 2.18. The molecule has 0 unspecified atom stereocenters. The second-order valence-electron chi connectivity index (χ2n) is 2.78. The van der Waals surface area contributed by atoms with Crippen molar-refractivity contribution in [3.05, 3.63) is 16.1 Å². The molecule has 0 aliphatic rings. The van der Waals surface area contributed by atoms with E-state index in [0.717, 1.165) is 5.01 Å². The van der Waals surface area contributed by atoms with Crippen molar-refractivity contribution in [1.82, 2.24) is 4.98 Å². The number of aromatic nitrogens is 1. The fourth-order valence-electron chi connectivity index (χ4n) is 0.728. The molecule has 13 heavy (non-hydrogen) atoms. The minimum atomic E-state index is -1.13. The van der Waals surface area contributed by atoms with Gasteiger partial charge in [-0.15, -0.1) is 11.3 Å². The van der Waals surface area contributed by atoms with Gasteiger partial charge in [0.25, 0.3) is 0 Å². The van der Waals surface area contributed by atoms with Crippen LogP contribution < -0.4 is 0 Å². The predicted molar refractivity (Wildman–Crippen MR) is 50.7 cm³/mol. The summed E-state index contributed by atoms with van der Waals surface area (Å²) in [5, 5.41) is 11.0. The van der Waals surface area contributed by atoms with Crippen LogP contribution in [0, 0.1) is 11.8 Å². The molecule has 0 atom stereocenters. The quantitative estimate of drug-likeness (QED) is 0.694. The van der Waals surface area contributed by atoms with E-state index in [1.165, 1.54) is 11.3 Å². The van der Waals surface area contributed by atoms with Crippen molar-refractivity contribution in [2.45, 2.75) is 19.8 Å². The molecule has 1 rings (SSSR count). The van der Waals surface area contributed by atoms with Gasteiger partial charge in [-0.2, -0.15) is 0 Å². The number of rotatable bonds is 1. The predicted octanol–water partition coefficient (Wildman–Crippen LogP) is 1.70. The molecular weight excluding hydrogens is 186 g/mol. The first-order chi connectivity index (χ1) is 6.09. The van der Waals surface area contributed by atoms with Crippen LogP contribution in [0.25, 0.3) is 0 Å². The van der Waals surface area contributed by atoms with Crippen LogP contribution >= 0.6 is 11.3 Å². The van der Waals surface area contributed by atoms with E-state index in [-0.39, 0.29) is 0 Å². The van der Waals surface area contributed by atoms with Crippen LogP contribution in [-0.4, -0.2) is 16.1 Å². The monoisotopic (exact) mass is 195 g/mol. The lowest BCUT2D eigenvalue weighted by Gasteiger charge is -1.94. The SMILES string of the molecule is CC(C)c1nc(C#CC(=O)O)cs1. The Balaban J connectivity index is 2.82. The highest BCUT2D eigenvalue weighted by atomic mass is 32.1. The van der Waals surface area contributed by atoms with Crippen LogP contribution in [0.5, 0.6) is 0 Å². The molecule has 0 amide bonds. The van der Waals surface area contributed by atoms with E-state index >= 15 is 0 Å². The number of carbonyl (C=O) groups is 1. The Labute approximate surface area is 80.4 Å². The zero-order chi connectivity index (χ0) is 9.84. The van der Waals surface area contributed by atoms with Crippen LogP contribution in [0.1, 0.15) is 30.5 Å². The highest BCUT2D eigenvalue weighted by Gasteiger charge is 2.03. The molecule has 0 saturated heterocycles. The minimum Gasteiger partial charge on any atom is -0.472 e. The summed E-state index contributed by atoms with van der Waals surface area (Å²) >= 11 is 1.50. The van der Waals surface area contributed by atoms with Crippen molar-refractivity contribution in [3.63, 3.8) is 0 Å². The van der Waals surface area contributed by atoms with Crippen LogP contribution in [0.2, 0.25) is 0 Å². The Hall–Kier alpha value is -1.34. The summed E-state index contributed by atoms with van der Waals surface area (Å²) in [4.78, 5) is 14.3. The number of hydrogen-bond acceptors (Lipinski definition) is 3. The van der Waals surface area contributed by atoms with E-state index in [2.05, 4.69) is 10.9 Å². The van der Waals surface area contributed by atoms with Gasteiger partial charge in [-0.1, -0.05) is 13.8 Å². The van der Waals surface area contributed by atoms with Crippen LogP contribution in [0.15, 0.2) is 5.38 Å². The first kappa shape index (κ1) is 9.75. The van der Waals surface area contributed by atoms with Gasteiger partial charge in [0.05, 0.1) is 5.01 Å². The molecule has 0 aliphatic heterocycles. The average molecular weight is 195 g/mol. The molecule has 0 aliphatic carbocycles. The fraction of sp³-hybridized carbons (Fsp3) is 0.333.